The van der Waals surface area contributed by atoms with Gasteiger partial charge in [-0.15, -0.1) is 0 Å². The molecule has 1 saturated heterocycles. The van der Waals surface area contributed by atoms with Crippen LogP contribution in [0.25, 0.3) is 5.32 Å². The van der Waals surface area contributed by atoms with E-state index in [1.807, 2.05) is 0 Å². The molecule has 3 heteroatoms. The standard InChI is InChI=1S/C5H9N.V.W/c1-5-3-2-4-6-5;;/h5H,1-4H2;;/q-2;;. The summed E-state index contributed by atoms with van der Waals surface area (Å²) in [6.07, 6.45) is 2.47. The fourth-order valence-electron chi connectivity index (χ4n) is 0.692. The van der Waals surface area contributed by atoms with E-state index in [1.165, 1.54) is 12.8 Å². The molecule has 47 valence electrons. The average molecular weight is 318 g/mol. The Morgan fingerprint density at radius 3 is 2.25 bits per heavy atom. The molecule has 1 radical (unpaired) electrons. The van der Waals surface area contributed by atoms with Crippen LogP contribution in [0.5, 0.6) is 0 Å². The molecule has 1 nitrogen and oxygen atoms in total. The van der Waals surface area contributed by atoms with Crippen LogP contribution in [0, 0.1) is 6.92 Å². The van der Waals surface area contributed by atoms with Gasteiger partial charge in [0.2, 0.25) is 0 Å². The van der Waals surface area contributed by atoms with E-state index in [2.05, 4.69) is 12.2 Å². The van der Waals surface area contributed by atoms with E-state index in [0.717, 1.165) is 6.54 Å². The second-order valence-electron chi connectivity index (χ2n) is 1.70. The zero-order chi connectivity index (χ0) is 4.41. The van der Waals surface area contributed by atoms with Crippen LogP contribution in [-0.4, -0.2) is 12.6 Å². The fourth-order valence-corrected chi connectivity index (χ4v) is 0.692. The third kappa shape index (κ3) is 4.15. The summed E-state index contributed by atoms with van der Waals surface area (Å²) in [5, 5.41) is 4.12. The molecule has 1 atom stereocenters. The first-order valence-electron chi connectivity index (χ1n) is 2.39. The molecule has 0 amide bonds. The normalized spacial score (nSPS) is 25.9. The molecular formula is C5H9NVW-2. The van der Waals surface area contributed by atoms with E-state index in [-0.39, 0.29) is 39.6 Å². The molecule has 1 heterocycles. The Balaban J connectivity index is 0. The third-order valence-corrected chi connectivity index (χ3v) is 1.08. The summed E-state index contributed by atoms with van der Waals surface area (Å²) in [6, 6.07) is 0.421. The van der Waals surface area contributed by atoms with E-state index >= 15 is 0 Å². The first-order chi connectivity index (χ1) is 2.89. The van der Waals surface area contributed by atoms with Gasteiger partial charge in [-0.25, -0.2) is 0 Å². The van der Waals surface area contributed by atoms with E-state index in [0.29, 0.717) is 6.04 Å². The van der Waals surface area contributed by atoms with Crippen LogP contribution in [0.4, 0.5) is 0 Å². The van der Waals surface area contributed by atoms with E-state index in [4.69, 9.17) is 0 Å². The van der Waals surface area contributed by atoms with Crippen LogP contribution in [0.1, 0.15) is 12.8 Å². The Hall–Kier alpha value is 1.23. The summed E-state index contributed by atoms with van der Waals surface area (Å²) in [7, 11) is 0. The summed E-state index contributed by atoms with van der Waals surface area (Å²) in [6.45, 7) is 4.82. The number of rotatable bonds is 0. The van der Waals surface area contributed by atoms with E-state index < -0.39 is 0 Å². The van der Waals surface area contributed by atoms with E-state index in [1.54, 1.807) is 0 Å². The number of hydrogen-bond donors (Lipinski definition) is 0. The van der Waals surface area contributed by atoms with Crippen LogP contribution in [0.2, 0.25) is 0 Å². The molecular weight excluding hydrogens is 309 g/mol. The minimum Gasteiger partial charge on any atom is -0.686 e. The smallest absolute Gasteiger partial charge is 0 e. The molecule has 0 N–H and O–H groups in total. The SMILES string of the molecule is [CH2-]C1CCC[N-]1.[V].[W]. The van der Waals surface area contributed by atoms with Gasteiger partial charge in [0.1, 0.15) is 0 Å². The minimum atomic E-state index is 0. The molecule has 0 aromatic carbocycles. The second kappa shape index (κ2) is 6.35. The van der Waals surface area contributed by atoms with Crippen LogP contribution < -0.4 is 0 Å². The van der Waals surface area contributed by atoms with Gasteiger partial charge >= 0.3 is 0 Å². The van der Waals surface area contributed by atoms with Crippen molar-refractivity contribution < 1.29 is 39.6 Å². The topological polar surface area (TPSA) is 14.1 Å². The van der Waals surface area contributed by atoms with Gasteiger partial charge in [0, 0.05) is 39.6 Å². The molecule has 1 aliphatic heterocycles. The molecule has 0 saturated carbocycles. The van der Waals surface area contributed by atoms with Crippen molar-refractivity contribution in [2.75, 3.05) is 6.54 Å². The Labute approximate surface area is 77.1 Å². The Morgan fingerprint density at radius 1 is 1.50 bits per heavy atom. The van der Waals surface area contributed by atoms with Gasteiger partial charge in [-0.1, -0.05) is 12.8 Å². The van der Waals surface area contributed by atoms with Gasteiger partial charge in [0.25, 0.3) is 0 Å². The van der Waals surface area contributed by atoms with E-state index in [9.17, 15) is 0 Å². The molecule has 0 aromatic heterocycles. The third-order valence-electron chi connectivity index (χ3n) is 1.08. The summed E-state index contributed by atoms with van der Waals surface area (Å²) < 4.78 is 0. The van der Waals surface area contributed by atoms with Gasteiger partial charge in [-0.3, -0.25) is 6.04 Å². The Bertz CT molecular complexity index is 45.7. The molecule has 1 aliphatic rings. The van der Waals surface area contributed by atoms with Gasteiger partial charge in [0.15, 0.2) is 0 Å². The van der Waals surface area contributed by atoms with Gasteiger partial charge in [-0.05, 0) is 0 Å². The molecule has 8 heavy (non-hydrogen) atoms. The van der Waals surface area contributed by atoms with Crippen molar-refractivity contribution in [3.63, 3.8) is 0 Å². The summed E-state index contributed by atoms with van der Waals surface area (Å²) in [4.78, 5) is 0. The van der Waals surface area contributed by atoms with Gasteiger partial charge in [0.05, 0.1) is 0 Å². The van der Waals surface area contributed by atoms with Crippen LogP contribution in [-0.2, 0) is 39.6 Å². The van der Waals surface area contributed by atoms with Crippen molar-refractivity contribution >= 4 is 0 Å². The zero-order valence-electron chi connectivity index (χ0n) is 4.71. The number of hydrogen-bond acceptors (Lipinski definition) is 0. The number of nitrogens with zero attached hydrogens (tertiary/aromatic N) is 1. The quantitative estimate of drug-likeness (QED) is 0.599. The molecule has 1 rings (SSSR count). The van der Waals surface area contributed by atoms with Crippen molar-refractivity contribution in [1.82, 2.24) is 0 Å². The monoisotopic (exact) mass is 318 g/mol. The fraction of sp³-hybridized carbons (Fsp3) is 0.800. The van der Waals surface area contributed by atoms with Crippen molar-refractivity contribution in [1.29, 1.82) is 0 Å². The zero-order valence-corrected chi connectivity index (χ0v) is 9.04. The van der Waals surface area contributed by atoms with Crippen LogP contribution in [0.3, 0.4) is 0 Å². The van der Waals surface area contributed by atoms with Crippen molar-refractivity contribution in [3.8, 4) is 0 Å². The summed E-state index contributed by atoms with van der Waals surface area (Å²) in [5.41, 5.74) is 0. The maximum atomic E-state index is 4.12. The van der Waals surface area contributed by atoms with Crippen molar-refractivity contribution in [2.24, 2.45) is 0 Å². The maximum Gasteiger partial charge on any atom is 0 e. The van der Waals surface area contributed by atoms with Crippen LogP contribution >= 0.6 is 0 Å². The van der Waals surface area contributed by atoms with Crippen LogP contribution in [0.15, 0.2) is 0 Å². The minimum absolute atomic E-state index is 0. The molecule has 1 fully saturated rings. The first-order valence-corrected chi connectivity index (χ1v) is 2.39. The largest absolute Gasteiger partial charge is 0.686 e. The van der Waals surface area contributed by atoms with Gasteiger partial charge < -0.3 is 12.2 Å². The Morgan fingerprint density at radius 2 is 2.12 bits per heavy atom. The maximum absolute atomic E-state index is 4.12. The summed E-state index contributed by atoms with van der Waals surface area (Å²) >= 11 is 0. The first kappa shape index (κ1) is 12.0. The molecule has 0 bridgehead atoms. The molecule has 0 aromatic rings. The van der Waals surface area contributed by atoms with Gasteiger partial charge in [-0.2, -0.15) is 6.54 Å². The van der Waals surface area contributed by atoms with Crippen molar-refractivity contribution in [3.05, 3.63) is 12.2 Å². The van der Waals surface area contributed by atoms with Crippen molar-refractivity contribution in [2.45, 2.75) is 18.9 Å². The molecule has 1 unspecified atom stereocenters. The summed E-state index contributed by atoms with van der Waals surface area (Å²) in [5.74, 6) is 0. The molecule has 0 spiro atoms. The predicted octanol–water partition coefficient (Wildman–Crippen LogP) is 1.35. The Kier molecular flexibility index (Phi) is 9.50. The molecule has 0 aliphatic carbocycles. The predicted molar refractivity (Wildman–Crippen MR) is 26.6 cm³/mol. The second-order valence-corrected chi connectivity index (χ2v) is 1.70. The average Bonchev–Trinajstić information content (AvgIpc) is 1.86.